The Balaban J connectivity index is 1.43. The Morgan fingerprint density at radius 3 is 2.69 bits per heavy atom. The van der Waals surface area contributed by atoms with E-state index in [0.29, 0.717) is 29.9 Å². The molecule has 0 saturated heterocycles. The molecule has 1 aliphatic rings. The molecule has 1 aliphatic carbocycles. The molecule has 0 spiro atoms. The molecule has 0 bridgehead atoms. The van der Waals surface area contributed by atoms with Crippen molar-refractivity contribution in [3.05, 3.63) is 66.1 Å². The highest BCUT2D eigenvalue weighted by Gasteiger charge is 2.34. The summed E-state index contributed by atoms with van der Waals surface area (Å²) in [5.74, 6) is 2.21. The lowest BCUT2D eigenvalue weighted by molar-refractivity contribution is -0.136. The molecule has 1 heterocycles. The zero-order chi connectivity index (χ0) is 20.2. The Morgan fingerprint density at radius 1 is 1.21 bits per heavy atom. The first kappa shape index (κ1) is 19.2. The number of benzene rings is 2. The summed E-state index contributed by atoms with van der Waals surface area (Å²) in [5.41, 5.74) is 1.92. The molecule has 3 aromatic rings. The van der Waals surface area contributed by atoms with E-state index in [1.54, 1.807) is 6.92 Å². The van der Waals surface area contributed by atoms with Gasteiger partial charge in [-0.25, -0.2) is 0 Å². The van der Waals surface area contributed by atoms with Gasteiger partial charge in [0.15, 0.2) is 6.61 Å². The number of carbonyl (C=O) groups is 1. The molecule has 6 heteroatoms. The minimum Gasteiger partial charge on any atom is -0.484 e. The van der Waals surface area contributed by atoms with Gasteiger partial charge in [-0.1, -0.05) is 47.6 Å². The zero-order valence-corrected chi connectivity index (χ0v) is 16.7. The lowest BCUT2D eigenvalue weighted by Crippen LogP contribution is -2.42. The lowest BCUT2D eigenvalue weighted by Gasteiger charge is -2.29. The number of carbonyl (C=O) groups excluding carboxylic acids is 1. The molecule has 0 radical (unpaired) electrons. The average molecular weight is 391 g/mol. The standard InChI is InChI=1S/C23H25N3O3/c1-16(19-11-12-19)26(14-18-7-4-3-5-8-18)22(27)15-28-21-10-6-9-20(13-21)23-24-17(2)29-25-23/h3-10,13,16,19H,11-12,14-15H2,1-2H3. The molecule has 1 atom stereocenters. The summed E-state index contributed by atoms with van der Waals surface area (Å²) in [5, 5.41) is 3.93. The summed E-state index contributed by atoms with van der Waals surface area (Å²) in [6.45, 7) is 4.48. The summed E-state index contributed by atoms with van der Waals surface area (Å²) in [7, 11) is 0. The fourth-order valence-corrected chi connectivity index (χ4v) is 3.44. The van der Waals surface area contributed by atoms with Gasteiger partial charge >= 0.3 is 0 Å². The predicted octanol–water partition coefficient (Wildman–Crippen LogP) is 4.25. The Labute approximate surface area is 170 Å². The van der Waals surface area contributed by atoms with Crippen LogP contribution in [0.5, 0.6) is 5.75 Å². The van der Waals surface area contributed by atoms with Crippen LogP contribution in [0.1, 0.15) is 31.2 Å². The highest BCUT2D eigenvalue weighted by Crippen LogP contribution is 2.35. The number of hydrogen-bond acceptors (Lipinski definition) is 5. The molecule has 2 aromatic carbocycles. The third-order valence-corrected chi connectivity index (χ3v) is 5.29. The van der Waals surface area contributed by atoms with E-state index in [-0.39, 0.29) is 18.6 Å². The van der Waals surface area contributed by atoms with Gasteiger partial charge in [0.25, 0.3) is 5.91 Å². The molecule has 0 N–H and O–H groups in total. The molecule has 1 fully saturated rings. The van der Waals surface area contributed by atoms with Crippen LogP contribution in [0.3, 0.4) is 0 Å². The van der Waals surface area contributed by atoms with Gasteiger partial charge in [-0.05, 0) is 43.4 Å². The van der Waals surface area contributed by atoms with Gasteiger partial charge in [-0.3, -0.25) is 4.79 Å². The molecule has 6 nitrogen and oxygen atoms in total. The fourth-order valence-electron chi connectivity index (χ4n) is 3.44. The van der Waals surface area contributed by atoms with Crippen molar-refractivity contribution in [3.8, 4) is 17.1 Å². The smallest absolute Gasteiger partial charge is 0.261 e. The molecule has 150 valence electrons. The van der Waals surface area contributed by atoms with E-state index in [9.17, 15) is 4.79 Å². The van der Waals surface area contributed by atoms with Gasteiger partial charge in [0, 0.05) is 25.1 Å². The molecule has 29 heavy (non-hydrogen) atoms. The van der Waals surface area contributed by atoms with Crippen molar-refractivity contribution in [2.75, 3.05) is 6.61 Å². The van der Waals surface area contributed by atoms with Crippen LogP contribution in [0.4, 0.5) is 0 Å². The molecule has 1 unspecified atom stereocenters. The largest absolute Gasteiger partial charge is 0.484 e. The number of aromatic nitrogens is 2. The lowest BCUT2D eigenvalue weighted by atomic mass is 10.1. The Morgan fingerprint density at radius 2 is 2.00 bits per heavy atom. The summed E-state index contributed by atoms with van der Waals surface area (Å²) in [4.78, 5) is 19.2. The minimum absolute atomic E-state index is 0.00137. The first-order valence-electron chi connectivity index (χ1n) is 9.97. The predicted molar refractivity (Wildman–Crippen MR) is 109 cm³/mol. The van der Waals surface area contributed by atoms with E-state index in [2.05, 4.69) is 29.2 Å². The normalized spacial score (nSPS) is 14.4. The molecule has 0 aliphatic heterocycles. The highest BCUT2D eigenvalue weighted by molar-refractivity contribution is 5.78. The molecular weight excluding hydrogens is 366 g/mol. The van der Waals surface area contributed by atoms with Gasteiger partial charge in [0.2, 0.25) is 11.7 Å². The maximum Gasteiger partial charge on any atom is 0.261 e. The number of amides is 1. The topological polar surface area (TPSA) is 68.5 Å². The van der Waals surface area contributed by atoms with Crippen molar-refractivity contribution in [1.29, 1.82) is 0 Å². The summed E-state index contributed by atoms with van der Waals surface area (Å²) in [6, 6.07) is 17.7. The van der Waals surface area contributed by atoms with Crippen LogP contribution in [0.15, 0.2) is 59.1 Å². The van der Waals surface area contributed by atoms with Crippen LogP contribution in [-0.4, -0.2) is 33.6 Å². The number of hydrogen-bond donors (Lipinski definition) is 0. The maximum atomic E-state index is 13.0. The van der Waals surface area contributed by atoms with Gasteiger partial charge in [-0.2, -0.15) is 4.98 Å². The van der Waals surface area contributed by atoms with E-state index < -0.39 is 0 Å². The highest BCUT2D eigenvalue weighted by atomic mass is 16.5. The van der Waals surface area contributed by atoms with Crippen LogP contribution in [-0.2, 0) is 11.3 Å². The van der Waals surface area contributed by atoms with Crippen molar-refractivity contribution in [2.45, 2.75) is 39.3 Å². The zero-order valence-electron chi connectivity index (χ0n) is 16.7. The quantitative estimate of drug-likeness (QED) is 0.574. The molecular formula is C23H25N3O3. The van der Waals surface area contributed by atoms with Crippen LogP contribution >= 0.6 is 0 Å². The molecule has 4 rings (SSSR count). The van der Waals surface area contributed by atoms with Crippen molar-refractivity contribution in [2.24, 2.45) is 5.92 Å². The van der Waals surface area contributed by atoms with Crippen molar-refractivity contribution in [1.82, 2.24) is 15.0 Å². The number of nitrogens with zero attached hydrogens (tertiary/aromatic N) is 3. The van der Waals surface area contributed by atoms with Crippen LogP contribution < -0.4 is 4.74 Å². The fraction of sp³-hybridized carbons (Fsp3) is 0.348. The van der Waals surface area contributed by atoms with Crippen LogP contribution in [0.25, 0.3) is 11.4 Å². The second kappa shape index (κ2) is 8.47. The second-order valence-corrected chi connectivity index (χ2v) is 7.54. The Kier molecular flexibility index (Phi) is 5.60. The maximum absolute atomic E-state index is 13.0. The van der Waals surface area contributed by atoms with Crippen molar-refractivity contribution >= 4 is 5.91 Å². The monoisotopic (exact) mass is 391 g/mol. The van der Waals surface area contributed by atoms with E-state index >= 15 is 0 Å². The number of aryl methyl sites for hydroxylation is 1. The van der Waals surface area contributed by atoms with Crippen LogP contribution in [0.2, 0.25) is 0 Å². The Hall–Kier alpha value is -3.15. The molecule has 1 saturated carbocycles. The van der Waals surface area contributed by atoms with E-state index in [0.717, 1.165) is 11.1 Å². The SMILES string of the molecule is Cc1nc(-c2cccc(OCC(=O)N(Cc3ccccc3)C(C)C3CC3)c2)no1. The van der Waals surface area contributed by atoms with E-state index in [1.165, 1.54) is 12.8 Å². The summed E-state index contributed by atoms with van der Waals surface area (Å²) in [6.07, 6.45) is 2.37. The average Bonchev–Trinajstić information content (AvgIpc) is 3.51. The van der Waals surface area contributed by atoms with Crippen LogP contribution in [0, 0.1) is 12.8 Å². The van der Waals surface area contributed by atoms with E-state index in [1.807, 2.05) is 47.4 Å². The van der Waals surface area contributed by atoms with Gasteiger partial charge < -0.3 is 14.2 Å². The minimum atomic E-state index is -0.00550. The molecule has 1 aromatic heterocycles. The van der Waals surface area contributed by atoms with Crippen molar-refractivity contribution in [3.63, 3.8) is 0 Å². The van der Waals surface area contributed by atoms with Gasteiger partial charge in [-0.15, -0.1) is 0 Å². The third kappa shape index (κ3) is 4.83. The van der Waals surface area contributed by atoms with Crippen molar-refractivity contribution < 1.29 is 14.1 Å². The van der Waals surface area contributed by atoms with E-state index in [4.69, 9.17) is 9.26 Å². The first-order chi connectivity index (χ1) is 14.1. The van der Waals surface area contributed by atoms with Gasteiger partial charge in [0.1, 0.15) is 5.75 Å². The summed E-state index contributed by atoms with van der Waals surface area (Å²) >= 11 is 0. The summed E-state index contributed by atoms with van der Waals surface area (Å²) < 4.78 is 10.9. The number of rotatable bonds is 8. The second-order valence-electron chi connectivity index (χ2n) is 7.54. The number of ether oxygens (including phenoxy) is 1. The third-order valence-electron chi connectivity index (χ3n) is 5.29. The molecule has 1 amide bonds. The Bertz CT molecular complexity index is 966. The first-order valence-corrected chi connectivity index (χ1v) is 9.97. The van der Waals surface area contributed by atoms with Gasteiger partial charge in [0.05, 0.1) is 0 Å².